The first-order chi connectivity index (χ1) is 13.3. The lowest BCUT2D eigenvalue weighted by atomic mass is 9.94. The Balaban J connectivity index is 1.68. The molecule has 150 valence electrons. The van der Waals surface area contributed by atoms with Gasteiger partial charge in [0.2, 0.25) is 0 Å². The third-order valence-electron chi connectivity index (χ3n) is 5.36. The first-order valence-electron chi connectivity index (χ1n) is 9.63. The summed E-state index contributed by atoms with van der Waals surface area (Å²) in [5.74, 6) is 0.426. The van der Waals surface area contributed by atoms with Crippen molar-refractivity contribution in [1.82, 2.24) is 4.90 Å². The molecule has 0 aromatic heterocycles. The molecule has 6 heteroatoms. The number of anilines is 1. The number of amides is 2. The highest BCUT2D eigenvalue weighted by molar-refractivity contribution is 7.79. The van der Waals surface area contributed by atoms with Crippen LogP contribution in [0.15, 0.2) is 36.4 Å². The molecule has 1 heterocycles. The quantitative estimate of drug-likeness (QED) is 0.757. The van der Waals surface area contributed by atoms with E-state index in [0.29, 0.717) is 19.5 Å². The van der Waals surface area contributed by atoms with Crippen molar-refractivity contribution in [3.05, 3.63) is 53.1 Å². The highest BCUT2D eigenvalue weighted by Gasteiger charge is 2.26. The van der Waals surface area contributed by atoms with Crippen LogP contribution in [-0.4, -0.2) is 38.5 Å². The van der Waals surface area contributed by atoms with E-state index in [0.717, 1.165) is 23.2 Å². The number of nitrogens with zero attached hydrogens (tertiary/aromatic N) is 1. The standard InChI is InChI=1S/C22H28N2O3S/c1-15-5-4-6-19(11-15)21-16(2)12-20(13-17(21)3)23-22(25)24-9-7-18(14-24)8-10-28(26)27/h4-6,11-13,18H,7-10,14H2,1-3H3,(H,23,25)(H,26,27)/p-1/t18-/m1/s1. The first kappa shape index (κ1) is 20.6. The number of likely N-dealkylation sites (tertiary alicyclic amines) is 1. The monoisotopic (exact) mass is 399 g/mol. The average Bonchev–Trinajstić information content (AvgIpc) is 3.08. The molecule has 28 heavy (non-hydrogen) atoms. The molecule has 5 nitrogen and oxygen atoms in total. The van der Waals surface area contributed by atoms with Crippen molar-refractivity contribution in [2.24, 2.45) is 5.92 Å². The first-order valence-corrected chi connectivity index (χ1v) is 10.9. The van der Waals surface area contributed by atoms with Crippen molar-refractivity contribution in [3.63, 3.8) is 0 Å². The van der Waals surface area contributed by atoms with Crippen LogP contribution in [0.3, 0.4) is 0 Å². The van der Waals surface area contributed by atoms with Crippen molar-refractivity contribution in [2.75, 3.05) is 24.2 Å². The Kier molecular flexibility index (Phi) is 6.52. The molecule has 2 aromatic carbocycles. The summed E-state index contributed by atoms with van der Waals surface area (Å²) in [5, 5.41) is 3.01. The molecule has 2 amide bonds. The normalized spacial score (nSPS) is 17.6. The molecule has 3 rings (SSSR count). The number of nitrogens with one attached hydrogen (secondary N) is 1. The minimum atomic E-state index is -2.01. The van der Waals surface area contributed by atoms with E-state index in [1.54, 1.807) is 4.90 Å². The van der Waals surface area contributed by atoms with E-state index in [1.165, 1.54) is 16.7 Å². The molecule has 1 fully saturated rings. The van der Waals surface area contributed by atoms with E-state index in [-0.39, 0.29) is 17.7 Å². The van der Waals surface area contributed by atoms with Crippen LogP contribution >= 0.6 is 0 Å². The fourth-order valence-corrected chi connectivity index (χ4v) is 4.54. The molecule has 0 aliphatic carbocycles. The van der Waals surface area contributed by atoms with Crippen LogP contribution in [-0.2, 0) is 11.1 Å². The van der Waals surface area contributed by atoms with Gasteiger partial charge in [-0.05, 0) is 73.9 Å². The summed E-state index contributed by atoms with van der Waals surface area (Å²) in [6.45, 7) is 7.50. The predicted octanol–water partition coefficient (Wildman–Crippen LogP) is 4.40. The Labute approximate surface area is 169 Å². The lowest BCUT2D eigenvalue weighted by Crippen LogP contribution is -2.33. The molecule has 0 radical (unpaired) electrons. The summed E-state index contributed by atoms with van der Waals surface area (Å²) in [6, 6.07) is 12.3. The van der Waals surface area contributed by atoms with Crippen LogP contribution in [0.5, 0.6) is 0 Å². The molecule has 1 saturated heterocycles. The van der Waals surface area contributed by atoms with Gasteiger partial charge in [-0.15, -0.1) is 0 Å². The summed E-state index contributed by atoms with van der Waals surface area (Å²) < 4.78 is 21.5. The lowest BCUT2D eigenvalue weighted by molar-refractivity contribution is 0.220. The number of hydrogen-bond donors (Lipinski definition) is 1. The second-order valence-electron chi connectivity index (χ2n) is 7.68. The highest BCUT2D eigenvalue weighted by Crippen LogP contribution is 2.31. The molecule has 2 aromatic rings. The Hall–Kier alpha value is -2.18. The molecule has 0 bridgehead atoms. The second kappa shape index (κ2) is 8.88. The zero-order valence-corrected chi connectivity index (χ0v) is 17.5. The topological polar surface area (TPSA) is 72.5 Å². The minimum Gasteiger partial charge on any atom is -0.772 e. The van der Waals surface area contributed by atoms with Gasteiger partial charge in [0.25, 0.3) is 0 Å². The zero-order chi connectivity index (χ0) is 20.3. The van der Waals surface area contributed by atoms with E-state index in [2.05, 4.69) is 50.4 Å². The Morgan fingerprint density at radius 3 is 2.57 bits per heavy atom. The van der Waals surface area contributed by atoms with E-state index in [9.17, 15) is 13.6 Å². The number of carbonyl (C=O) groups excluding carboxylic acids is 1. The highest BCUT2D eigenvalue weighted by atomic mass is 32.2. The number of rotatable bonds is 5. The average molecular weight is 400 g/mol. The zero-order valence-electron chi connectivity index (χ0n) is 16.7. The summed E-state index contributed by atoms with van der Waals surface area (Å²) in [6.07, 6.45) is 1.47. The molecular weight excluding hydrogens is 372 g/mol. The van der Waals surface area contributed by atoms with Crippen molar-refractivity contribution >= 4 is 22.8 Å². The summed E-state index contributed by atoms with van der Waals surface area (Å²) >= 11 is -2.01. The smallest absolute Gasteiger partial charge is 0.321 e. The summed E-state index contributed by atoms with van der Waals surface area (Å²) in [5.41, 5.74) is 6.65. The molecule has 1 aliphatic rings. The lowest BCUT2D eigenvalue weighted by Gasteiger charge is -2.19. The van der Waals surface area contributed by atoms with Crippen LogP contribution in [0, 0.1) is 26.7 Å². The largest absolute Gasteiger partial charge is 0.772 e. The molecule has 1 N–H and O–H groups in total. The Bertz CT molecular complexity index is 874. The van der Waals surface area contributed by atoms with E-state index >= 15 is 0 Å². The Morgan fingerprint density at radius 2 is 1.93 bits per heavy atom. The van der Waals surface area contributed by atoms with Crippen molar-refractivity contribution in [3.8, 4) is 11.1 Å². The van der Waals surface area contributed by atoms with Crippen molar-refractivity contribution in [1.29, 1.82) is 0 Å². The van der Waals surface area contributed by atoms with Gasteiger partial charge in [-0.1, -0.05) is 40.9 Å². The van der Waals surface area contributed by atoms with Crippen LogP contribution in [0.25, 0.3) is 11.1 Å². The maximum Gasteiger partial charge on any atom is 0.321 e. The van der Waals surface area contributed by atoms with Crippen LogP contribution in [0.2, 0.25) is 0 Å². The van der Waals surface area contributed by atoms with Gasteiger partial charge >= 0.3 is 6.03 Å². The minimum absolute atomic E-state index is 0.118. The number of hydrogen-bond acceptors (Lipinski definition) is 3. The molecule has 0 spiro atoms. The third kappa shape index (κ3) is 5.00. The predicted molar refractivity (Wildman–Crippen MR) is 113 cm³/mol. The Morgan fingerprint density at radius 1 is 1.21 bits per heavy atom. The molecule has 1 aliphatic heterocycles. The van der Waals surface area contributed by atoms with E-state index in [1.807, 2.05) is 12.1 Å². The van der Waals surface area contributed by atoms with Crippen LogP contribution in [0.4, 0.5) is 10.5 Å². The number of aryl methyl sites for hydroxylation is 3. The fourth-order valence-electron chi connectivity index (χ4n) is 4.01. The van der Waals surface area contributed by atoms with Gasteiger partial charge in [0.05, 0.1) is 0 Å². The van der Waals surface area contributed by atoms with Crippen LogP contribution in [0.1, 0.15) is 29.5 Å². The van der Waals surface area contributed by atoms with Crippen molar-refractivity contribution < 1.29 is 13.6 Å². The summed E-state index contributed by atoms with van der Waals surface area (Å²) in [7, 11) is 0. The maximum atomic E-state index is 12.6. The van der Waals surface area contributed by atoms with E-state index < -0.39 is 11.1 Å². The second-order valence-corrected chi connectivity index (χ2v) is 8.70. The van der Waals surface area contributed by atoms with Crippen LogP contribution < -0.4 is 5.32 Å². The fraction of sp³-hybridized carbons (Fsp3) is 0.409. The number of carbonyl (C=O) groups is 1. The number of urea groups is 1. The van der Waals surface area contributed by atoms with Gasteiger partial charge in [-0.25, -0.2) is 4.79 Å². The number of benzene rings is 2. The molecule has 2 atom stereocenters. The van der Waals surface area contributed by atoms with E-state index in [4.69, 9.17) is 0 Å². The molecular formula is C22H27N2O3S-. The van der Waals surface area contributed by atoms with Gasteiger partial charge in [-0.3, -0.25) is 4.21 Å². The SMILES string of the molecule is Cc1cccc(-c2c(C)cc(NC(=O)N3CC[C@H](CCS(=O)[O-])C3)cc2C)c1. The van der Waals surface area contributed by atoms with Gasteiger partial charge < -0.3 is 14.8 Å². The maximum absolute atomic E-state index is 12.6. The summed E-state index contributed by atoms with van der Waals surface area (Å²) in [4.78, 5) is 14.4. The van der Waals surface area contributed by atoms with Crippen molar-refractivity contribution in [2.45, 2.75) is 33.6 Å². The van der Waals surface area contributed by atoms with Gasteiger partial charge in [0.15, 0.2) is 0 Å². The van der Waals surface area contributed by atoms with Gasteiger partial charge in [0.1, 0.15) is 0 Å². The molecule has 0 saturated carbocycles. The van der Waals surface area contributed by atoms with Gasteiger partial charge in [-0.2, -0.15) is 0 Å². The molecule has 1 unspecified atom stereocenters. The van der Waals surface area contributed by atoms with Gasteiger partial charge in [0, 0.05) is 24.5 Å². The third-order valence-corrected chi connectivity index (χ3v) is 5.93.